The maximum atomic E-state index is 10.7. The van der Waals surface area contributed by atoms with Gasteiger partial charge in [-0.1, -0.05) is 6.92 Å². The van der Waals surface area contributed by atoms with Crippen LogP contribution in [0, 0.1) is 5.92 Å². The monoisotopic (exact) mass is 223 g/mol. The van der Waals surface area contributed by atoms with Crippen molar-refractivity contribution in [2.24, 2.45) is 13.0 Å². The Morgan fingerprint density at radius 2 is 2.50 bits per heavy atom. The van der Waals surface area contributed by atoms with Crippen LogP contribution in [0.5, 0.6) is 0 Å². The average Bonchev–Trinajstić information content (AvgIpc) is 2.64. The summed E-state index contributed by atoms with van der Waals surface area (Å²) < 4.78 is 1.79. The lowest BCUT2D eigenvalue weighted by Crippen LogP contribution is -2.51. The van der Waals surface area contributed by atoms with E-state index >= 15 is 0 Å². The van der Waals surface area contributed by atoms with Crippen LogP contribution in [0.15, 0.2) is 12.4 Å². The van der Waals surface area contributed by atoms with Crippen LogP contribution in [0.25, 0.3) is 0 Å². The Labute approximate surface area is 96.7 Å². The van der Waals surface area contributed by atoms with Gasteiger partial charge >= 0.3 is 0 Å². The quantitative estimate of drug-likeness (QED) is 0.793. The molecule has 0 amide bonds. The SMILES string of the molecule is CCC1CNCCC1(O)Cc1cnn(C)c1. The molecule has 2 unspecified atom stereocenters. The molecule has 0 radical (unpaired) electrons. The Morgan fingerprint density at radius 3 is 3.12 bits per heavy atom. The highest BCUT2D eigenvalue weighted by Gasteiger charge is 2.37. The second kappa shape index (κ2) is 4.55. The summed E-state index contributed by atoms with van der Waals surface area (Å²) in [6.45, 7) is 3.98. The minimum Gasteiger partial charge on any atom is -0.389 e. The third-order valence-corrected chi connectivity index (χ3v) is 3.65. The van der Waals surface area contributed by atoms with Gasteiger partial charge in [-0.15, -0.1) is 0 Å². The maximum absolute atomic E-state index is 10.7. The molecule has 2 heterocycles. The number of hydrogen-bond acceptors (Lipinski definition) is 3. The fourth-order valence-corrected chi connectivity index (χ4v) is 2.65. The maximum Gasteiger partial charge on any atom is 0.0741 e. The molecule has 0 spiro atoms. The molecule has 0 saturated carbocycles. The minimum absolute atomic E-state index is 0.349. The summed E-state index contributed by atoms with van der Waals surface area (Å²) in [4.78, 5) is 0. The highest BCUT2D eigenvalue weighted by molar-refractivity contribution is 5.10. The first-order valence-electron chi connectivity index (χ1n) is 6.04. The first-order chi connectivity index (χ1) is 7.64. The second-order valence-electron chi connectivity index (χ2n) is 4.86. The molecule has 1 aliphatic heterocycles. The van der Waals surface area contributed by atoms with Crippen molar-refractivity contribution in [2.75, 3.05) is 13.1 Å². The van der Waals surface area contributed by atoms with E-state index in [0.29, 0.717) is 5.92 Å². The topological polar surface area (TPSA) is 50.1 Å². The van der Waals surface area contributed by atoms with E-state index in [0.717, 1.165) is 37.9 Å². The highest BCUT2D eigenvalue weighted by atomic mass is 16.3. The molecular weight excluding hydrogens is 202 g/mol. The van der Waals surface area contributed by atoms with Gasteiger partial charge in [0.1, 0.15) is 0 Å². The molecule has 1 saturated heterocycles. The molecule has 2 rings (SSSR count). The molecule has 2 atom stereocenters. The number of aromatic nitrogens is 2. The zero-order chi connectivity index (χ0) is 11.6. The molecule has 4 nitrogen and oxygen atoms in total. The average molecular weight is 223 g/mol. The number of aliphatic hydroxyl groups is 1. The Balaban J connectivity index is 2.10. The predicted molar refractivity (Wildman–Crippen MR) is 63.1 cm³/mol. The van der Waals surface area contributed by atoms with Gasteiger partial charge in [-0.3, -0.25) is 4.68 Å². The van der Waals surface area contributed by atoms with E-state index in [1.807, 2.05) is 19.4 Å². The zero-order valence-corrected chi connectivity index (χ0v) is 10.1. The Kier molecular flexibility index (Phi) is 3.30. The van der Waals surface area contributed by atoms with Crippen molar-refractivity contribution >= 4 is 0 Å². The number of nitrogens with one attached hydrogen (secondary N) is 1. The number of hydrogen-bond donors (Lipinski definition) is 2. The van der Waals surface area contributed by atoms with Crippen molar-refractivity contribution in [3.05, 3.63) is 18.0 Å². The van der Waals surface area contributed by atoms with E-state index in [1.54, 1.807) is 4.68 Å². The second-order valence-corrected chi connectivity index (χ2v) is 4.86. The molecule has 1 fully saturated rings. The lowest BCUT2D eigenvalue weighted by Gasteiger charge is -2.40. The molecule has 0 aliphatic carbocycles. The summed E-state index contributed by atoms with van der Waals surface area (Å²) in [5.74, 6) is 0.349. The van der Waals surface area contributed by atoms with Gasteiger partial charge in [-0.25, -0.2) is 0 Å². The van der Waals surface area contributed by atoms with Gasteiger partial charge in [-0.05, 0) is 24.9 Å². The van der Waals surface area contributed by atoms with Crippen LogP contribution in [0.3, 0.4) is 0 Å². The van der Waals surface area contributed by atoms with Crippen LogP contribution in [0.2, 0.25) is 0 Å². The van der Waals surface area contributed by atoms with E-state index in [9.17, 15) is 5.11 Å². The lowest BCUT2D eigenvalue weighted by atomic mass is 9.76. The number of piperidine rings is 1. The summed E-state index contributed by atoms with van der Waals surface area (Å²) in [6.07, 6.45) is 6.42. The van der Waals surface area contributed by atoms with Gasteiger partial charge in [-0.2, -0.15) is 5.10 Å². The molecule has 0 aromatic carbocycles. The number of rotatable bonds is 3. The van der Waals surface area contributed by atoms with Crippen LogP contribution in [-0.2, 0) is 13.5 Å². The largest absolute Gasteiger partial charge is 0.389 e. The smallest absolute Gasteiger partial charge is 0.0741 e. The molecule has 16 heavy (non-hydrogen) atoms. The van der Waals surface area contributed by atoms with E-state index < -0.39 is 5.60 Å². The summed E-state index contributed by atoms with van der Waals surface area (Å²) in [7, 11) is 1.91. The summed E-state index contributed by atoms with van der Waals surface area (Å²) in [5.41, 5.74) is 0.577. The summed E-state index contributed by atoms with van der Waals surface area (Å²) in [5, 5.41) is 18.2. The number of nitrogens with zero attached hydrogens (tertiary/aromatic N) is 2. The third-order valence-electron chi connectivity index (χ3n) is 3.65. The van der Waals surface area contributed by atoms with Crippen molar-refractivity contribution < 1.29 is 5.11 Å². The molecule has 0 bridgehead atoms. The highest BCUT2D eigenvalue weighted by Crippen LogP contribution is 2.30. The van der Waals surface area contributed by atoms with Crippen LogP contribution >= 0.6 is 0 Å². The van der Waals surface area contributed by atoms with Gasteiger partial charge in [0.25, 0.3) is 0 Å². The molecular formula is C12H21N3O. The van der Waals surface area contributed by atoms with Crippen molar-refractivity contribution in [3.8, 4) is 0 Å². The molecule has 1 aromatic heterocycles. The van der Waals surface area contributed by atoms with Crippen molar-refractivity contribution in [1.82, 2.24) is 15.1 Å². The van der Waals surface area contributed by atoms with Crippen LogP contribution in [-0.4, -0.2) is 33.6 Å². The van der Waals surface area contributed by atoms with Crippen molar-refractivity contribution in [1.29, 1.82) is 0 Å². The van der Waals surface area contributed by atoms with Gasteiger partial charge in [0.15, 0.2) is 0 Å². The van der Waals surface area contributed by atoms with Crippen molar-refractivity contribution in [3.63, 3.8) is 0 Å². The molecule has 1 aromatic rings. The van der Waals surface area contributed by atoms with Crippen LogP contribution in [0.4, 0.5) is 0 Å². The van der Waals surface area contributed by atoms with Gasteiger partial charge in [0.2, 0.25) is 0 Å². The Hall–Kier alpha value is -0.870. The Bertz CT molecular complexity index is 350. The summed E-state index contributed by atoms with van der Waals surface area (Å²) in [6, 6.07) is 0. The molecule has 2 N–H and O–H groups in total. The first-order valence-corrected chi connectivity index (χ1v) is 6.04. The van der Waals surface area contributed by atoms with E-state index in [-0.39, 0.29) is 0 Å². The van der Waals surface area contributed by atoms with Gasteiger partial charge < -0.3 is 10.4 Å². The standard InChI is InChI=1S/C12H21N3O/c1-3-11-8-13-5-4-12(11,16)6-10-7-14-15(2)9-10/h7,9,11,13,16H,3-6,8H2,1-2H3. The van der Waals surface area contributed by atoms with Crippen LogP contribution in [0.1, 0.15) is 25.3 Å². The third kappa shape index (κ3) is 2.28. The molecule has 1 aliphatic rings. The van der Waals surface area contributed by atoms with Gasteiger partial charge in [0.05, 0.1) is 11.8 Å². The zero-order valence-electron chi connectivity index (χ0n) is 10.1. The van der Waals surface area contributed by atoms with E-state index in [4.69, 9.17) is 0 Å². The number of aryl methyl sites for hydroxylation is 1. The lowest BCUT2D eigenvalue weighted by molar-refractivity contribution is -0.0414. The predicted octanol–water partition coefficient (Wildman–Crippen LogP) is 0.713. The fourth-order valence-electron chi connectivity index (χ4n) is 2.65. The molecule has 90 valence electrons. The normalized spacial score (nSPS) is 30.6. The Morgan fingerprint density at radius 1 is 1.69 bits per heavy atom. The fraction of sp³-hybridized carbons (Fsp3) is 0.750. The minimum atomic E-state index is -0.553. The van der Waals surface area contributed by atoms with E-state index in [1.165, 1.54) is 0 Å². The molecule has 4 heteroatoms. The van der Waals surface area contributed by atoms with Crippen LogP contribution < -0.4 is 5.32 Å². The van der Waals surface area contributed by atoms with E-state index in [2.05, 4.69) is 17.3 Å². The van der Waals surface area contributed by atoms with Crippen molar-refractivity contribution in [2.45, 2.75) is 31.8 Å². The first kappa shape index (κ1) is 11.6. The van der Waals surface area contributed by atoms with Gasteiger partial charge in [0, 0.05) is 32.1 Å². The summed E-state index contributed by atoms with van der Waals surface area (Å²) >= 11 is 0.